The van der Waals surface area contributed by atoms with E-state index in [0.29, 0.717) is 12.3 Å². The van der Waals surface area contributed by atoms with Crippen molar-refractivity contribution in [3.05, 3.63) is 23.8 Å². The molecule has 1 aromatic heterocycles. The Morgan fingerprint density at radius 1 is 1.71 bits per heavy atom. The van der Waals surface area contributed by atoms with Gasteiger partial charge in [0.1, 0.15) is 5.82 Å². The summed E-state index contributed by atoms with van der Waals surface area (Å²) in [6.07, 6.45) is 0.991. The molecular weight excluding hydrogens is 187 g/mol. The van der Waals surface area contributed by atoms with Gasteiger partial charge in [-0.05, 0) is 6.92 Å². The third-order valence-corrected chi connectivity index (χ3v) is 1.59. The molecule has 14 heavy (non-hydrogen) atoms. The van der Waals surface area contributed by atoms with Crippen molar-refractivity contribution in [2.45, 2.75) is 13.3 Å². The maximum absolute atomic E-state index is 12.6. The highest BCUT2D eigenvalue weighted by molar-refractivity contribution is 5.73. The fourth-order valence-corrected chi connectivity index (χ4v) is 0.980. The van der Waals surface area contributed by atoms with Gasteiger partial charge in [-0.15, -0.1) is 0 Å². The molecule has 0 unspecified atom stereocenters. The van der Waals surface area contributed by atoms with Crippen LogP contribution in [0.1, 0.15) is 12.6 Å². The van der Waals surface area contributed by atoms with Crippen molar-refractivity contribution in [1.29, 1.82) is 0 Å². The predicted octanol–water partition coefficient (Wildman–Crippen LogP) is 0.909. The van der Waals surface area contributed by atoms with Crippen molar-refractivity contribution in [1.82, 2.24) is 4.98 Å². The summed E-state index contributed by atoms with van der Waals surface area (Å²) < 4.78 is 17.3. The summed E-state index contributed by atoms with van der Waals surface area (Å²) in [5.41, 5.74) is 5.96. The third kappa shape index (κ3) is 2.69. The van der Waals surface area contributed by atoms with E-state index in [0.717, 1.165) is 12.3 Å². The molecule has 0 radical (unpaired) electrons. The van der Waals surface area contributed by atoms with Gasteiger partial charge in [0.25, 0.3) is 0 Å². The zero-order chi connectivity index (χ0) is 10.6. The molecule has 0 atom stereocenters. The molecule has 0 saturated heterocycles. The van der Waals surface area contributed by atoms with E-state index in [1.54, 1.807) is 6.92 Å². The molecule has 0 aliphatic heterocycles. The number of aromatic nitrogens is 1. The number of anilines is 1. The van der Waals surface area contributed by atoms with Gasteiger partial charge in [-0.2, -0.15) is 0 Å². The lowest BCUT2D eigenvalue weighted by Gasteiger charge is -2.03. The molecule has 0 aromatic carbocycles. The number of pyridine rings is 1. The summed E-state index contributed by atoms with van der Waals surface area (Å²) in [7, 11) is 0. The van der Waals surface area contributed by atoms with Crippen LogP contribution in [0, 0.1) is 5.82 Å². The second-order valence-corrected chi connectivity index (χ2v) is 2.67. The van der Waals surface area contributed by atoms with Crippen LogP contribution in [0.4, 0.5) is 10.1 Å². The number of carbonyl (C=O) groups excluding carboxylic acids is 1. The van der Waals surface area contributed by atoms with E-state index in [1.807, 2.05) is 0 Å². The zero-order valence-corrected chi connectivity index (χ0v) is 7.79. The van der Waals surface area contributed by atoms with Gasteiger partial charge >= 0.3 is 5.97 Å². The number of nitrogens with two attached hydrogens (primary N) is 1. The predicted molar refractivity (Wildman–Crippen MR) is 48.9 cm³/mol. The van der Waals surface area contributed by atoms with Crippen molar-refractivity contribution in [2.24, 2.45) is 0 Å². The van der Waals surface area contributed by atoms with Gasteiger partial charge in [0, 0.05) is 6.07 Å². The number of hydrogen-bond acceptors (Lipinski definition) is 4. The molecule has 1 aromatic rings. The molecule has 0 amide bonds. The first-order valence-electron chi connectivity index (χ1n) is 4.19. The molecule has 1 rings (SSSR count). The normalized spacial score (nSPS) is 9.86. The minimum atomic E-state index is -0.518. The maximum Gasteiger partial charge on any atom is 0.311 e. The fraction of sp³-hybridized carbons (Fsp3) is 0.333. The van der Waals surface area contributed by atoms with Crippen LogP contribution in [0.25, 0.3) is 0 Å². The van der Waals surface area contributed by atoms with Crippen molar-refractivity contribution < 1.29 is 13.9 Å². The monoisotopic (exact) mass is 198 g/mol. The molecule has 2 N–H and O–H groups in total. The van der Waals surface area contributed by atoms with Gasteiger partial charge in [0.2, 0.25) is 0 Å². The number of carbonyl (C=O) groups is 1. The Bertz CT molecular complexity index is 342. The highest BCUT2D eigenvalue weighted by Gasteiger charge is 2.08. The van der Waals surface area contributed by atoms with Gasteiger partial charge in [-0.25, -0.2) is 4.39 Å². The number of esters is 1. The smallest absolute Gasteiger partial charge is 0.311 e. The van der Waals surface area contributed by atoms with Crippen molar-refractivity contribution in [3.63, 3.8) is 0 Å². The number of ether oxygens (including phenoxy) is 1. The van der Waals surface area contributed by atoms with Crippen molar-refractivity contribution in [3.8, 4) is 0 Å². The van der Waals surface area contributed by atoms with Crippen LogP contribution in [0.15, 0.2) is 12.3 Å². The molecule has 0 bridgehead atoms. The Balaban J connectivity index is 2.72. The summed E-state index contributed by atoms with van der Waals surface area (Å²) in [6.45, 7) is 2.01. The summed E-state index contributed by atoms with van der Waals surface area (Å²) in [6, 6.07) is 1.13. The van der Waals surface area contributed by atoms with Crippen LogP contribution in [0.3, 0.4) is 0 Å². The SMILES string of the molecule is CCOC(=O)Cc1ncc(F)cc1N. The van der Waals surface area contributed by atoms with E-state index in [9.17, 15) is 9.18 Å². The lowest BCUT2D eigenvalue weighted by molar-refractivity contribution is -0.142. The average Bonchev–Trinajstić information content (AvgIpc) is 2.10. The fourth-order valence-electron chi connectivity index (χ4n) is 0.980. The van der Waals surface area contributed by atoms with Gasteiger partial charge in [0.05, 0.1) is 30.6 Å². The Morgan fingerprint density at radius 2 is 2.43 bits per heavy atom. The number of hydrogen-bond donors (Lipinski definition) is 1. The van der Waals surface area contributed by atoms with E-state index in [2.05, 4.69) is 4.98 Å². The summed E-state index contributed by atoms with van der Waals surface area (Å²) >= 11 is 0. The lowest BCUT2D eigenvalue weighted by atomic mass is 10.2. The molecule has 4 nitrogen and oxygen atoms in total. The van der Waals surface area contributed by atoms with E-state index < -0.39 is 11.8 Å². The van der Waals surface area contributed by atoms with Gasteiger partial charge in [0.15, 0.2) is 0 Å². The molecule has 0 saturated carbocycles. The van der Waals surface area contributed by atoms with Gasteiger partial charge < -0.3 is 10.5 Å². The minimum Gasteiger partial charge on any atom is -0.466 e. The highest BCUT2D eigenvalue weighted by atomic mass is 19.1. The standard InChI is InChI=1S/C9H11FN2O2/c1-2-14-9(13)4-8-7(11)3-6(10)5-12-8/h3,5H,2,4,11H2,1H3. The molecular formula is C9H11FN2O2. The first-order valence-corrected chi connectivity index (χ1v) is 4.19. The first-order chi connectivity index (χ1) is 6.63. The van der Waals surface area contributed by atoms with Crippen LogP contribution in [0.2, 0.25) is 0 Å². The number of nitrogens with zero attached hydrogens (tertiary/aromatic N) is 1. The number of nitrogen functional groups attached to an aromatic ring is 1. The average molecular weight is 198 g/mol. The molecule has 76 valence electrons. The second kappa shape index (κ2) is 4.55. The molecule has 0 aliphatic rings. The molecule has 5 heteroatoms. The van der Waals surface area contributed by atoms with Gasteiger partial charge in [-0.3, -0.25) is 9.78 Å². The van der Waals surface area contributed by atoms with E-state index in [4.69, 9.17) is 10.5 Å². The zero-order valence-electron chi connectivity index (χ0n) is 7.79. The third-order valence-electron chi connectivity index (χ3n) is 1.59. The quantitative estimate of drug-likeness (QED) is 0.733. The molecule has 1 heterocycles. The van der Waals surface area contributed by atoms with Crippen LogP contribution in [-0.2, 0) is 16.0 Å². The number of halogens is 1. The molecule has 0 spiro atoms. The van der Waals surface area contributed by atoms with Crippen molar-refractivity contribution >= 4 is 11.7 Å². The van der Waals surface area contributed by atoms with E-state index in [1.165, 1.54) is 0 Å². The Hall–Kier alpha value is -1.65. The maximum atomic E-state index is 12.6. The largest absolute Gasteiger partial charge is 0.466 e. The minimum absolute atomic E-state index is 0.0278. The van der Waals surface area contributed by atoms with Crippen molar-refractivity contribution in [2.75, 3.05) is 12.3 Å². The summed E-state index contributed by atoms with van der Waals surface area (Å²) in [5, 5.41) is 0. The highest BCUT2D eigenvalue weighted by Crippen LogP contribution is 2.10. The van der Waals surface area contributed by atoms with E-state index in [-0.39, 0.29) is 12.1 Å². The topological polar surface area (TPSA) is 65.2 Å². The molecule has 0 fully saturated rings. The van der Waals surface area contributed by atoms with Crippen LogP contribution < -0.4 is 5.73 Å². The first kappa shape index (κ1) is 10.4. The van der Waals surface area contributed by atoms with Crippen LogP contribution in [-0.4, -0.2) is 17.6 Å². The second-order valence-electron chi connectivity index (χ2n) is 2.67. The van der Waals surface area contributed by atoms with E-state index >= 15 is 0 Å². The summed E-state index contributed by atoms with van der Waals surface area (Å²) in [4.78, 5) is 14.7. The number of rotatable bonds is 3. The lowest BCUT2D eigenvalue weighted by Crippen LogP contribution is -2.10. The van der Waals surface area contributed by atoms with Crippen LogP contribution in [0.5, 0.6) is 0 Å². The Kier molecular flexibility index (Phi) is 3.39. The van der Waals surface area contributed by atoms with Crippen LogP contribution >= 0.6 is 0 Å². The molecule has 0 aliphatic carbocycles. The van der Waals surface area contributed by atoms with Gasteiger partial charge in [-0.1, -0.05) is 0 Å². The summed E-state index contributed by atoms with van der Waals surface area (Å²) in [5.74, 6) is -0.937. The Morgan fingerprint density at radius 3 is 3.00 bits per heavy atom. The Labute approximate surface area is 80.9 Å².